The van der Waals surface area contributed by atoms with Crippen molar-refractivity contribution in [2.24, 2.45) is 5.92 Å². The molecule has 0 amide bonds. The van der Waals surface area contributed by atoms with Crippen molar-refractivity contribution in [1.29, 1.82) is 0 Å². The molecule has 0 spiro atoms. The predicted octanol–water partition coefficient (Wildman–Crippen LogP) is 4.29. The van der Waals surface area contributed by atoms with Crippen LogP contribution in [0.5, 0.6) is 11.5 Å². The summed E-state index contributed by atoms with van der Waals surface area (Å²) in [5.74, 6) is 0.252. The molecular weight excluding hydrogens is 292 g/mol. The Balaban J connectivity index is 2.14. The van der Waals surface area contributed by atoms with Gasteiger partial charge in [-0.2, -0.15) is 0 Å². The Hall–Kier alpha value is -1.71. The van der Waals surface area contributed by atoms with Gasteiger partial charge in [0.05, 0.1) is 5.92 Å². The van der Waals surface area contributed by atoms with Crippen LogP contribution in [0.15, 0.2) is 0 Å². The summed E-state index contributed by atoms with van der Waals surface area (Å²) in [5, 5.41) is 19.2. The summed E-state index contributed by atoms with van der Waals surface area (Å²) in [4.78, 5) is 10.9. The highest BCUT2D eigenvalue weighted by Crippen LogP contribution is 2.44. The fraction of sp³-hybridized carbons (Fsp3) is 0.632. The van der Waals surface area contributed by atoms with E-state index in [9.17, 15) is 9.90 Å². The fourth-order valence-electron chi connectivity index (χ4n) is 3.38. The number of rotatable bonds is 5. The van der Waals surface area contributed by atoms with Crippen LogP contribution in [0, 0.1) is 26.7 Å². The van der Waals surface area contributed by atoms with E-state index in [1.807, 2.05) is 20.8 Å². The lowest BCUT2D eigenvalue weighted by molar-refractivity contribution is -0.141. The highest BCUT2D eigenvalue weighted by atomic mass is 16.5. The minimum absolute atomic E-state index is 0.258. The molecule has 23 heavy (non-hydrogen) atoms. The number of ether oxygens (including phenoxy) is 1. The average Bonchev–Trinajstić information content (AvgIpc) is 2.50. The molecule has 128 valence electrons. The zero-order valence-corrected chi connectivity index (χ0v) is 14.8. The summed E-state index contributed by atoms with van der Waals surface area (Å²) in [6, 6.07) is 0. The van der Waals surface area contributed by atoms with Gasteiger partial charge in [-0.05, 0) is 76.5 Å². The molecule has 0 aliphatic carbocycles. The van der Waals surface area contributed by atoms with E-state index in [0.717, 1.165) is 53.7 Å². The van der Waals surface area contributed by atoms with Crippen LogP contribution in [0.1, 0.15) is 61.8 Å². The number of benzene rings is 1. The van der Waals surface area contributed by atoms with Crippen LogP contribution >= 0.6 is 0 Å². The predicted molar refractivity (Wildman–Crippen MR) is 90.3 cm³/mol. The zero-order valence-electron chi connectivity index (χ0n) is 14.8. The van der Waals surface area contributed by atoms with E-state index < -0.39 is 5.97 Å². The first-order chi connectivity index (χ1) is 10.7. The van der Waals surface area contributed by atoms with E-state index in [1.165, 1.54) is 0 Å². The van der Waals surface area contributed by atoms with Gasteiger partial charge in [-0.3, -0.25) is 4.79 Å². The molecule has 4 nitrogen and oxygen atoms in total. The molecule has 1 aromatic carbocycles. The first-order valence-electron chi connectivity index (χ1n) is 8.39. The number of aliphatic carboxylic acids is 1. The molecule has 2 rings (SSSR count). The van der Waals surface area contributed by atoms with Crippen molar-refractivity contribution in [3.8, 4) is 11.5 Å². The lowest BCUT2D eigenvalue weighted by Crippen LogP contribution is -2.37. The number of hydrogen-bond donors (Lipinski definition) is 2. The normalized spacial score (nSPS) is 21.4. The first kappa shape index (κ1) is 17.6. The topological polar surface area (TPSA) is 66.8 Å². The monoisotopic (exact) mass is 320 g/mol. The SMILES string of the molecule is Cc1c(C)c2c(c(C)c1O)CC[C@@](C)(CCC[C@H](C)C(=O)O)O2. The molecule has 1 aliphatic heterocycles. The maximum Gasteiger partial charge on any atom is 0.306 e. The van der Waals surface area contributed by atoms with E-state index in [1.54, 1.807) is 6.92 Å². The summed E-state index contributed by atoms with van der Waals surface area (Å²) < 4.78 is 6.35. The van der Waals surface area contributed by atoms with Gasteiger partial charge in [-0.1, -0.05) is 6.92 Å². The van der Waals surface area contributed by atoms with Crippen LogP contribution in [0.3, 0.4) is 0 Å². The van der Waals surface area contributed by atoms with Gasteiger partial charge in [0.15, 0.2) is 0 Å². The van der Waals surface area contributed by atoms with Crippen LogP contribution in [-0.2, 0) is 11.2 Å². The van der Waals surface area contributed by atoms with Crippen molar-refractivity contribution in [1.82, 2.24) is 0 Å². The smallest absolute Gasteiger partial charge is 0.306 e. The Kier molecular flexibility index (Phi) is 4.92. The Morgan fingerprint density at radius 3 is 2.52 bits per heavy atom. The van der Waals surface area contributed by atoms with Gasteiger partial charge in [-0.25, -0.2) is 0 Å². The Morgan fingerprint density at radius 1 is 1.26 bits per heavy atom. The van der Waals surface area contributed by atoms with Crippen molar-refractivity contribution >= 4 is 5.97 Å². The molecule has 0 saturated heterocycles. The van der Waals surface area contributed by atoms with Crippen LogP contribution in [0.2, 0.25) is 0 Å². The molecule has 0 radical (unpaired) electrons. The van der Waals surface area contributed by atoms with Gasteiger partial charge in [-0.15, -0.1) is 0 Å². The molecule has 0 saturated carbocycles. The standard InChI is InChI=1S/C19H28O4/c1-11(18(21)22)7-6-9-19(5)10-8-15-14(4)16(20)12(2)13(3)17(15)23-19/h11,20H,6-10H2,1-5H3,(H,21,22)/t11-,19+/m0/s1. The van der Waals surface area contributed by atoms with Crippen LogP contribution in [0.4, 0.5) is 0 Å². The maximum atomic E-state index is 10.9. The first-order valence-corrected chi connectivity index (χ1v) is 8.39. The fourth-order valence-corrected chi connectivity index (χ4v) is 3.38. The average molecular weight is 320 g/mol. The number of carboxylic acids is 1. The number of aromatic hydroxyl groups is 1. The molecule has 1 aromatic rings. The quantitative estimate of drug-likeness (QED) is 0.849. The van der Waals surface area contributed by atoms with Gasteiger partial charge in [0.1, 0.15) is 17.1 Å². The molecule has 1 heterocycles. The Bertz CT molecular complexity index is 621. The summed E-state index contributed by atoms with van der Waals surface area (Å²) >= 11 is 0. The Labute approximate surface area is 138 Å². The second-order valence-corrected chi connectivity index (χ2v) is 7.21. The van der Waals surface area contributed by atoms with E-state index in [0.29, 0.717) is 12.2 Å². The minimum Gasteiger partial charge on any atom is -0.507 e. The highest BCUT2D eigenvalue weighted by molar-refractivity contribution is 5.69. The molecule has 2 atom stereocenters. The summed E-state index contributed by atoms with van der Waals surface area (Å²) in [7, 11) is 0. The lowest BCUT2D eigenvalue weighted by atomic mass is 9.84. The number of phenolic OH excluding ortho intramolecular Hbond substituents is 1. The number of hydrogen-bond acceptors (Lipinski definition) is 3. The van der Waals surface area contributed by atoms with E-state index in [-0.39, 0.29) is 11.5 Å². The lowest BCUT2D eigenvalue weighted by Gasteiger charge is -2.38. The van der Waals surface area contributed by atoms with E-state index in [2.05, 4.69) is 6.92 Å². The Morgan fingerprint density at radius 2 is 1.91 bits per heavy atom. The molecule has 0 fully saturated rings. The number of carbonyl (C=O) groups is 1. The van der Waals surface area contributed by atoms with Gasteiger partial charge >= 0.3 is 5.97 Å². The molecular formula is C19H28O4. The molecule has 0 unspecified atom stereocenters. The minimum atomic E-state index is -0.734. The molecule has 0 aromatic heterocycles. The molecule has 4 heteroatoms. The molecule has 0 bridgehead atoms. The summed E-state index contributed by atoms with van der Waals surface area (Å²) in [6.07, 6.45) is 4.15. The number of carboxylic acid groups (broad SMARTS) is 1. The van der Waals surface area contributed by atoms with Crippen molar-refractivity contribution < 1.29 is 19.7 Å². The van der Waals surface area contributed by atoms with Crippen LogP contribution in [-0.4, -0.2) is 21.8 Å². The second kappa shape index (κ2) is 6.42. The van der Waals surface area contributed by atoms with Gasteiger partial charge < -0.3 is 14.9 Å². The van der Waals surface area contributed by atoms with Gasteiger partial charge in [0.25, 0.3) is 0 Å². The number of phenols is 1. The van der Waals surface area contributed by atoms with Crippen molar-refractivity contribution in [3.05, 3.63) is 22.3 Å². The number of fused-ring (bicyclic) bond motifs is 1. The van der Waals surface area contributed by atoms with Crippen LogP contribution in [0.25, 0.3) is 0 Å². The van der Waals surface area contributed by atoms with E-state index in [4.69, 9.17) is 9.84 Å². The largest absolute Gasteiger partial charge is 0.507 e. The third-order valence-electron chi connectivity index (χ3n) is 5.36. The third kappa shape index (κ3) is 3.46. The highest BCUT2D eigenvalue weighted by Gasteiger charge is 2.34. The van der Waals surface area contributed by atoms with E-state index >= 15 is 0 Å². The van der Waals surface area contributed by atoms with Crippen molar-refractivity contribution in [2.45, 2.75) is 72.3 Å². The van der Waals surface area contributed by atoms with Crippen molar-refractivity contribution in [3.63, 3.8) is 0 Å². The van der Waals surface area contributed by atoms with Crippen molar-refractivity contribution in [2.75, 3.05) is 0 Å². The third-order valence-corrected chi connectivity index (χ3v) is 5.36. The maximum absolute atomic E-state index is 10.9. The molecule has 1 aliphatic rings. The summed E-state index contributed by atoms with van der Waals surface area (Å²) in [6.45, 7) is 9.72. The summed E-state index contributed by atoms with van der Waals surface area (Å²) in [5.41, 5.74) is 3.66. The zero-order chi connectivity index (χ0) is 17.4. The second-order valence-electron chi connectivity index (χ2n) is 7.21. The van der Waals surface area contributed by atoms with Gasteiger partial charge in [0, 0.05) is 5.56 Å². The molecule has 2 N–H and O–H groups in total. The van der Waals surface area contributed by atoms with Gasteiger partial charge in [0.2, 0.25) is 0 Å². The van der Waals surface area contributed by atoms with Crippen LogP contribution < -0.4 is 4.74 Å².